The molecule has 0 saturated heterocycles. The van der Waals surface area contributed by atoms with Crippen LogP contribution in [0.15, 0.2) is 6.07 Å². The molecule has 0 amide bonds. The van der Waals surface area contributed by atoms with Crippen molar-refractivity contribution in [2.45, 2.75) is 26.9 Å². The lowest BCUT2D eigenvalue weighted by Crippen LogP contribution is -1.98. The van der Waals surface area contributed by atoms with Gasteiger partial charge >= 0.3 is 0 Å². The van der Waals surface area contributed by atoms with Gasteiger partial charge in [-0.15, -0.1) is 0 Å². The lowest BCUT2D eigenvalue weighted by Gasteiger charge is -2.14. The predicted octanol–water partition coefficient (Wildman–Crippen LogP) is 2.72. The molecule has 0 saturated carbocycles. The topological polar surface area (TPSA) is 40.5 Å². The van der Waals surface area contributed by atoms with Crippen molar-refractivity contribution in [1.82, 2.24) is 0 Å². The molecule has 0 bridgehead atoms. The molecule has 13 heavy (non-hydrogen) atoms. The van der Waals surface area contributed by atoms with E-state index in [4.69, 9.17) is 11.6 Å². The van der Waals surface area contributed by atoms with Crippen molar-refractivity contribution in [2.24, 2.45) is 0 Å². The molecule has 0 heterocycles. The number of aryl methyl sites for hydroxylation is 1. The molecule has 1 rings (SSSR count). The van der Waals surface area contributed by atoms with Gasteiger partial charge in [-0.1, -0.05) is 11.6 Å². The zero-order valence-electron chi connectivity index (χ0n) is 7.93. The highest BCUT2D eigenvalue weighted by Crippen LogP contribution is 2.34. The van der Waals surface area contributed by atoms with Crippen LogP contribution in [0.5, 0.6) is 5.75 Å². The normalized spacial score (nSPS) is 13.0. The number of aromatic hydroxyl groups is 1. The quantitative estimate of drug-likeness (QED) is 0.732. The van der Waals surface area contributed by atoms with Gasteiger partial charge in [-0.25, -0.2) is 0 Å². The summed E-state index contributed by atoms with van der Waals surface area (Å²) >= 11 is 5.91. The van der Waals surface area contributed by atoms with Crippen LogP contribution in [0.2, 0.25) is 5.02 Å². The molecule has 2 N–H and O–H groups in total. The molecule has 2 nitrogen and oxygen atoms in total. The summed E-state index contributed by atoms with van der Waals surface area (Å²) in [6, 6.07) is 1.69. The fourth-order valence-corrected chi connectivity index (χ4v) is 1.66. The van der Waals surface area contributed by atoms with Gasteiger partial charge in [0.05, 0.1) is 6.10 Å². The first-order valence-corrected chi connectivity index (χ1v) is 4.49. The molecule has 72 valence electrons. The molecule has 0 aliphatic rings. The molecule has 0 spiro atoms. The summed E-state index contributed by atoms with van der Waals surface area (Å²) in [4.78, 5) is 0. The summed E-state index contributed by atoms with van der Waals surface area (Å²) in [5, 5.41) is 19.6. The summed E-state index contributed by atoms with van der Waals surface area (Å²) in [5.74, 6) is 0.136. The van der Waals surface area contributed by atoms with Crippen molar-refractivity contribution in [3.8, 4) is 5.75 Å². The number of phenolic OH excluding ortho intramolecular Hbond substituents is 1. The third-order valence-corrected chi connectivity index (χ3v) is 2.54. The number of aliphatic hydroxyl groups is 1. The summed E-state index contributed by atoms with van der Waals surface area (Å²) in [6.45, 7) is 5.15. The van der Waals surface area contributed by atoms with Gasteiger partial charge in [-0.2, -0.15) is 0 Å². The molecular formula is C10H13ClO2. The molecule has 0 radical (unpaired) electrons. The first-order valence-electron chi connectivity index (χ1n) is 4.11. The van der Waals surface area contributed by atoms with E-state index >= 15 is 0 Å². The number of hydrogen-bond acceptors (Lipinski definition) is 2. The number of benzene rings is 1. The monoisotopic (exact) mass is 200 g/mol. The Bertz CT molecular complexity index is 306. The lowest BCUT2D eigenvalue weighted by molar-refractivity contribution is 0.194. The first kappa shape index (κ1) is 10.4. The van der Waals surface area contributed by atoms with Crippen molar-refractivity contribution in [2.75, 3.05) is 0 Å². The van der Waals surface area contributed by atoms with E-state index in [1.807, 2.05) is 0 Å². The van der Waals surface area contributed by atoms with E-state index < -0.39 is 6.10 Å². The van der Waals surface area contributed by atoms with E-state index in [0.29, 0.717) is 16.1 Å². The fourth-order valence-electron chi connectivity index (χ4n) is 1.40. The molecule has 1 aromatic carbocycles. The Morgan fingerprint density at radius 1 is 1.38 bits per heavy atom. The van der Waals surface area contributed by atoms with E-state index in [-0.39, 0.29) is 5.75 Å². The van der Waals surface area contributed by atoms with Gasteiger partial charge in [0.1, 0.15) is 5.75 Å². The molecule has 0 fully saturated rings. The first-order chi connectivity index (χ1) is 5.95. The largest absolute Gasteiger partial charge is 0.507 e. The fraction of sp³-hybridized carbons (Fsp3) is 0.400. The van der Waals surface area contributed by atoms with Crippen LogP contribution >= 0.6 is 11.6 Å². The second kappa shape index (κ2) is 3.56. The standard InChI is InChI=1S/C10H13ClO2/c1-5-4-8(11)6(2)9(7(3)12)10(5)13/h4,7,12-13H,1-3H3. The Morgan fingerprint density at radius 3 is 2.38 bits per heavy atom. The van der Waals surface area contributed by atoms with E-state index in [1.165, 1.54) is 0 Å². The van der Waals surface area contributed by atoms with Crippen molar-refractivity contribution >= 4 is 11.6 Å². The minimum Gasteiger partial charge on any atom is -0.507 e. The van der Waals surface area contributed by atoms with Gasteiger partial charge in [0.15, 0.2) is 0 Å². The maximum Gasteiger partial charge on any atom is 0.124 e. The van der Waals surface area contributed by atoms with Crippen molar-refractivity contribution in [3.05, 3.63) is 27.8 Å². The second-order valence-corrected chi connectivity index (χ2v) is 3.65. The molecule has 3 heteroatoms. The summed E-state index contributed by atoms with van der Waals surface area (Å²) < 4.78 is 0. The third-order valence-electron chi connectivity index (χ3n) is 2.15. The van der Waals surface area contributed by atoms with Gasteiger partial charge < -0.3 is 10.2 Å². The maximum atomic E-state index is 9.65. The average Bonchev–Trinajstić information content (AvgIpc) is 2.01. The number of aliphatic hydroxyl groups excluding tert-OH is 1. The predicted molar refractivity (Wildman–Crippen MR) is 53.2 cm³/mol. The van der Waals surface area contributed by atoms with Crippen LogP contribution in [0.25, 0.3) is 0 Å². The summed E-state index contributed by atoms with van der Waals surface area (Å²) in [5.41, 5.74) is 1.94. The SMILES string of the molecule is Cc1cc(Cl)c(C)c(C(C)O)c1O. The molecule has 1 unspecified atom stereocenters. The van der Waals surface area contributed by atoms with Crippen molar-refractivity contribution in [3.63, 3.8) is 0 Å². The Labute approximate surface area is 82.8 Å². The van der Waals surface area contributed by atoms with Crippen LogP contribution < -0.4 is 0 Å². The Hall–Kier alpha value is -0.730. The third kappa shape index (κ3) is 1.79. The van der Waals surface area contributed by atoms with Crippen LogP contribution in [-0.4, -0.2) is 10.2 Å². The van der Waals surface area contributed by atoms with Gasteiger partial charge in [0.2, 0.25) is 0 Å². The molecule has 0 aromatic heterocycles. The highest BCUT2D eigenvalue weighted by molar-refractivity contribution is 6.31. The smallest absolute Gasteiger partial charge is 0.124 e. The summed E-state index contributed by atoms with van der Waals surface area (Å²) in [7, 11) is 0. The number of hydrogen-bond donors (Lipinski definition) is 2. The van der Waals surface area contributed by atoms with E-state index in [9.17, 15) is 10.2 Å². The molecule has 0 aliphatic carbocycles. The van der Waals surface area contributed by atoms with Crippen molar-refractivity contribution < 1.29 is 10.2 Å². The highest BCUT2D eigenvalue weighted by Gasteiger charge is 2.15. The van der Waals surface area contributed by atoms with Crippen LogP contribution in [0.4, 0.5) is 0 Å². The number of halogens is 1. The Kier molecular flexibility index (Phi) is 2.84. The minimum absolute atomic E-state index is 0.136. The van der Waals surface area contributed by atoms with E-state index in [0.717, 1.165) is 5.56 Å². The number of phenols is 1. The van der Waals surface area contributed by atoms with Gasteiger partial charge in [0.25, 0.3) is 0 Å². The van der Waals surface area contributed by atoms with Gasteiger partial charge in [-0.3, -0.25) is 0 Å². The molecule has 1 atom stereocenters. The summed E-state index contributed by atoms with van der Waals surface area (Å²) in [6.07, 6.45) is -0.697. The maximum absolute atomic E-state index is 9.65. The van der Waals surface area contributed by atoms with Gasteiger partial charge in [0, 0.05) is 10.6 Å². The van der Waals surface area contributed by atoms with Crippen molar-refractivity contribution in [1.29, 1.82) is 0 Å². The molecule has 1 aromatic rings. The van der Waals surface area contributed by atoms with Crippen LogP contribution in [-0.2, 0) is 0 Å². The number of rotatable bonds is 1. The lowest BCUT2D eigenvalue weighted by atomic mass is 10.00. The Morgan fingerprint density at radius 2 is 1.92 bits per heavy atom. The van der Waals surface area contributed by atoms with Crippen LogP contribution in [0, 0.1) is 13.8 Å². The highest BCUT2D eigenvalue weighted by atomic mass is 35.5. The second-order valence-electron chi connectivity index (χ2n) is 3.24. The van der Waals surface area contributed by atoms with Gasteiger partial charge in [-0.05, 0) is 38.0 Å². The van der Waals surface area contributed by atoms with Crippen LogP contribution in [0.3, 0.4) is 0 Å². The van der Waals surface area contributed by atoms with E-state index in [2.05, 4.69) is 0 Å². The zero-order valence-corrected chi connectivity index (χ0v) is 8.68. The van der Waals surface area contributed by atoms with E-state index in [1.54, 1.807) is 26.8 Å². The molecular weight excluding hydrogens is 188 g/mol. The Balaban J connectivity index is 3.46. The average molecular weight is 201 g/mol. The molecule has 0 aliphatic heterocycles. The van der Waals surface area contributed by atoms with Crippen LogP contribution in [0.1, 0.15) is 29.7 Å². The minimum atomic E-state index is -0.697. The zero-order chi connectivity index (χ0) is 10.2.